The van der Waals surface area contributed by atoms with Gasteiger partial charge in [0.1, 0.15) is 0 Å². The highest BCUT2D eigenvalue weighted by atomic mass is 35.5. The number of aliphatic hydroxyl groups is 1. The molecular weight excluding hydrogens is 431 g/mol. The standard InChI is InChI=1S/C22H29ClF3N3O2/c1-14-20(31)27-8-11-28(14)9-4-18(29-10-7-21(5-6-21)19(30)13-29)15-2-3-17(23)16(12-15)22(24,25)26/h2-3,12,14,18-19,30H,4-11,13H2,1H3,(H,27,31)/t14-,18?,19+/m0/s1. The lowest BCUT2D eigenvalue weighted by Crippen LogP contribution is -2.54. The van der Waals surface area contributed by atoms with Gasteiger partial charge in [-0.25, -0.2) is 0 Å². The SMILES string of the molecule is C[C@H]1C(=O)NCCN1CCC(c1ccc(Cl)c(C(F)(F)F)c1)N1CCC2(CC2)[C@H](O)C1. The van der Waals surface area contributed by atoms with Crippen LogP contribution in [0.15, 0.2) is 18.2 Å². The number of nitrogens with one attached hydrogen (secondary N) is 1. The van der Waals surface area contributed by atoms with Crippen LogP contribution in [-0.4, -0.2) is 65.7 Å². The maximum atomic E-state index is 13.5. The number of hydrogen-bond donors (Lipinski definition) is 2. The number of piperidine rings is 1. The quantitative estimate of drug-likeness (QED) is 0.708. The highest BCUT2D eigenvalue weighted by molar-refractivity contribution is 6.31. The Hall–Kier alpha value is -1.35. The third kappa shape index (κ3) is 4.72. The van der Waals surface area contributed by atoms with Gasteiger partial charge in [-0.05, 0) is 62.3 Å². The molecule has 1 unspecified atom stereocenters. The molecule has 2 aliphatic heterocycles. The summed E-state index contributed by atoms with van der Waals surface area (Å²) in [6.45, 7) is 4.89. The molecule has 0 aromatic heterocycles. The van der Waals surface area contributed by atoms with Crippen LogP contribution < -0.4 is 5.32 Å². The van der Waals surface area contributed by atoms with Gasteiger partial charge in [-0.15, -0.1) is 0 Å². The molecule has 31 heavy (non-hydrogen) atoms. The van der Waals surface area contributed by atoms with Crippen LogP contribution in [0.4, 0.5) is 13.2 Å². The number of alkyl halides is 3. The number of rotatable bonds is 5. The van der Waals surface area contributed by atoms with Crippen LogP contribution >= 0.6 is 11.6 Å². The van der Waals surface area contributed by atoms with E-state index in [-0.39, 0.29) is 28.4 Å². The van der Waals surface area contributed by atoms with E-state index in [0.717, 1.165) is 31.9 Å². The maximum absolute atomic E-state index is 13.5. The zero-order chi connectivity index (χ0) is 22.4. The lowest BCUT2D eigenvalue weighted by molar-refractivity contribution is -0.137. The molecule has 3 aliphatic rings. The van der Waals surface area contributed by atoms with Gasteiger partial charge in [-0.2, -0.15) is 13.2 Å². The molecule has 3 atom stereocenters. The maximum Gasteiger partial charge on any atom is 0.417 e. The van der Waals surface area contributed by atoms with E-state index in [1.165, 1.54) is 6.07 Å². The molecule has 9 heteroatoms. The molecule has 4 rings (SSSR count). The Balaban J connectivity index is 1.57. The van der Waals surface area contributed by atoms with Crippen LogP contribution in [0.2, 0.25) is 5.02 Å². The van der Waals surface area contributed by atoms with E-state index in [1.807, 2.05) is 6.92 Å². The minimum Gasteiger partial charge on any atom is -0.391 e. The Labute approximate surface area is 185 Å². The molecular formula is C22H29ClF3N3O2. The number of nitrogens with zero attached hydrogens (tertiary/aromatic N) is 2. The van der Waals surface area contributed by atoms with Gasteiger partial charge in [0.25, 0.3) is 0 Å². The molecule has 1 aromatic carbocycles. The summed E-state index contributed by atoms with van der Waals surface area (Å²) in [4.78, 5) is 16.2. The zero-order valence-electron chi connectivity index (χ0n) is 17.6. The van der Waals surface area contributed by atoms with Gasteiger partial charge in [0.15, 0.2) is 0 Å². The fraction of sp³-hybridized carbons (Fsp3) is 0.682. The number of piperazine rings is 1. The van der Waals surface area contributed by atoms with E-state index in [9.17, 15) is 23.1 Å². The predicted octanol–water partition coefficient (Wildman–Crippen LogP) is 3.46. The summed E-state index contributed by atoms with van der Waals surface area (Å²) in [6.07, 6.45) is -1.53. The van der Waals surface area contributed by atoms with Gasteiger partial charge in [0.2, 0.25) is 5.91 Å². The number of β-amino-alcohol motifs (C(OH)–C–C–N with tert-alkyl or cyclic N) is 1. The second kappa shape index (κ2) is 8.54. The largest absolute Gasteiger partial charge is 0.417 e. The van der Waals surface area contributed by atoms with Crippen LogP contribution in [0.5, 0.6) is 0 Å². The second-order valence-electron chi connectivity index (χ2n) is 9.17. The molecule has 0 bridgehead atoms. The summed E-state index contributed by atoms with van der Waals surface area (Å²) in [5, 5.41) is 13.2. The average molecular weight is 460 g/mol. The number of benzene rings is 1. The first kappa shape index (κ1) is 22.8. The van der Waals surface area contributed by atoms with Crippen LogP contribution in [0, 0.1) is 5.41 Å². The molecule has 2 N–H and O–H groups in total. The summed E-state index contributed by atoms with van der Waals surface area (Å²) in [7, 11) is 0. The number of amides is 1. The minimum atomic E-state index is -4.53. The van der Waals surface area contributed by atoms with Crippen LogP contribution in [0.25, 0.3) is 0 Å². The van der Waals surface area contributed by atoms with Gasteiger partial charge in [0, 0.05) is 32.2 Å². The topological polar surface area (TPSA) is 55.8 Å². The average Bonchev–Trinajstić information content (AvgIpc) is 3.49. The van der Waals surface area contributed by atoms with Crippen molar-refractivity contribution in [2.45, 2.75) is 57.0 Å². The van der Waals surface area contributed by atoms with E-state index in [0.29, 0.717) is 38.2 Å². The lowest BCUT2D eigenvalue weighted by Gasteiger charge is -2.42. The summed E-state index contributed by atoms with van der Waals surface area (Å²) >= 11 is 5.85. The second-order valence-corrected chi connectivity index (χ2v) is 9.57. The van der Waals surface area contributed by atoms with Crippen molar-refractivity contribution in [3.8, 4) is 0 Å². The minimum absolute atomic E-state index is 0.0116. The van der Waals surface area contributed by atoms with Crippen LogP contribution in [-0.2, 0) is 11.0 Å². The molecule has 2 saturated heterocycles. The van der Waals surface area contributed by atoms with Crippen molar-refractivity contribution in [3.63, 3.8) is 0 Å². The van der Waals surface area contributed by atoms with Crippen LogP contribution in [0.3, 0.4) is 0 Å². The van der Waals surface area contributed by atoms with Crippen molar-refractivity contribution in [1.82, 2.24) is 15.1 Å². The molecule has 1 aromatic rings. The molecule has 1 spiro atoms. The first-order valence-corrected chi connectivity index (χ1v) is 11.3. The molecule has 0 radical (unpaired) electrons. The molecule has 1 saturated carbocycles. The van der Waals surface area contributed by atoms with E-state index in [1.54, 1.807) is 6.07 Å². The number of likely N-dealkylation sites (tertiary alicyclic amines) is 1. The molecule has 1 aliphatic carbocycles. The summed E-state index contributed by atoms with van der Waals surface area (Å²) in [6, 6.07) is 3.55. The normalized spacial score (nSPS) is 27.9. The summed E-state index contributed by atoms with van der Waals surface area (Å²) in [5.74, 6) is -0.0299. The predicted molar refractivity (Wildman–Crippen MR) is 112 cm³/mol. The number of aliphatic hydroxyl groups excluding tert-OH is 1. The molecule has 5 nitrogen and oxygen atoms in total. The highest BCUT2D eigenvalue weighted by Crippen LogP contribution is 2.54. The summed E-state index contributed by atoms with van der Waals surface area (Å²) < 4.78 is 40.5. The van der Waals surface area contributed by atoms with Crippen molar-refractivity contribution < 1.29 is 23.1 Å². The van der Waals surface area contributed by atoms with Gasteiger partial charge >= 0.3 is 6.18 Å². The Morgan fingerprint density at radius 1 is 1.29 bits per heavy atom. The lowest BCUT2D eigenvalue weighted by atomic mass is 9.88. The van der Waals surface area contributed by atoms with Crippen molar-refractivity contribution in [1.29, 1.82) is 0 Å². The Morgan fingerprint density at radius 2 is 2.03 bits per heavy atom. The van der Waals surface area contributed by atoms with Crippen molar-refractivity contribution in [2.75, 3.05) is 32.7 Å². The van der Waals surface area contributed by atoms with Gasteiger partial charge < -0.3 is 10.4 Å². The van der Waals surface area contributed by atoms with Gasteiger partial charge in [-0.3, -0.25) is 14.6 Å². The Bertz CT molecular complexity index is 831. The van der Waals surface area contributed by atoms with Gasteiger partial charge in [0.05, 0.1) is 22.7 Å². The number of hydrogen-bond acceptors (Lipinski definition) is 4. The van der Waals surface area contributed by atoms with Crippen molar-refractivity contribution >= 4 is 17.5 Å². The molecule has 3 fully saturated rings. The first-order valence-electron chi connectivity index (χ1n) is 10.9. The fourth-order valence-electron chi connectivity index (χ4n) is 5.02. The van der Waals surface area contributed by atoms with E-state index >= 15 is 0 Å². The molecule has 172 valence electrons. The Morgan fingerprint density at radius 3 is 2.68 bits per heavy atom. The highest BCUT2D eigenvalue weighted by Gasteiger charge is 2.52. The number of halogens is 4. The van der Waals surface area contributed by atoms with Crippen molar-refractivity contribution in [3.05, 3.63) is 34.3 Å². The van der Waals surface area contributed by atoms with E-state index < -0.39 is 17.8 Å². The van der Waals surface area contributed by atoms with Crippen molar-refractivity contribution in [2.24, 2.45) is 5.41 Å². The van der Waals surface area contributed by atoms with Gasteiger partial charge in [-0.1, -0.05) is 17.7 Å². The molecule has 2 heterocycles. The monoisotopic (exact) mass is 459 g/mol. The third-order valence-electron chi connectivity index (χ3n) is 7.34. The van der Waals surface area contributed by atoms with E-state index in [2.05, 4.69) is 15.1 Å². The smallest absolute Gasteiger partial charge is 0.391 e. The number of carbonyl (C=O) groups is 1. The Kier molecular flexibility index (Phi) is 6.29. The van der Waals surface area contributed by atoms with Crippen LogP contribution in [0.1, 0.15) is 49.8 Å². The number of carbonyl (C=O) groups excluding carboxylic acids is 1. The third-order valence-corrected chi connectivity index (χ3v) is 7.67. The van der Waals surface area contributed by atoms with E-state index in [4.69, 9.17) is 11.6 Å². The fourth-order valence-corrected chi connectivity index (χ4v) is 5.24. The first-order chi connectivity index (χ1) is 14.6. The summed E-state index contributed by atoms with van der Waals surface area (Å²) in [5.41, 5.74) is -0.277. The zero-order valence-corrected chi connectivity index (χ0v) is 18.3. The molecule has 1 amide bonds.